The van der Waals surface area contributed by atoms with Gasteiger partial charge in [-0.15, -0.1) is 10.2 Å². The Hall–Kier alpha value is -2.91. The van der Waals surface area contributed by atoms with Crippen molar-refractivity contribution in [3.05, 3.63) is 28.8 Å². The maximum atomic E-state index is 13.2. The first-order valence-corrected chi connectivity index (χ1v) is 10.4. The van der Waals surface area contributed by atoms with Gasteiger partial charge in [0.25, 0.3) is 5.91 Å². The Morgan fingerprint density at radius 1 is 1.20 bits per heavy atom. The van der Waals surface area contributed by atoms with Gasteiger partial charge in [0, 0.05) is 45.6 Å². The summed E-state index contributed by atoms with van der Waals surface area (Å²) >= 11 is 0. The van der Waals surface area contributed by atoms with E-state index in [9.17, 15) is 9.59 Å². The molecule has 0 saturated carbocycles. The standard InChI is InChI=1S/C20H28N6O4/c1-5-7-21-19(28)26-10-15-9-25(17(27)16-12(2)24-30-13(16)3)8-6-20(15,11-26)18-23-22-14(4)29-18/h15H,5-11H2,1-4H3,(H,21,28)/t15-,20-/m0/s1. The van der Waals surface area contributed by atoms with E-state index in [2.05, 4.69) is 20.7 Å². The van der Waals surface area contributed by atoms with Gasteiger partial charge in [-0.3, -0.25) is 4.79 Å². The lowest BCUT2D eigenvalue weighted by atomic mass is 9.72. The molecule has 3 amide bonds. The molecule has 10 heteroatoms. The summed E-state index contributed by atoms with van der Waals surface area (Å²) in [6, 6.07) is -0.0922. The topological polar surface area (TPSA) is 118 Å². The first-order chi connectivity index (χ1) is 14.4. The molecule has 2 fully saturated rings. The van der Waals surface area contributed by atoms with Crippen molar-refractivity contribution in [2.75, 3.05) is 32.7 Å². The highest BCUT2D eigenvalue weighted by Gasteiger charge is 2.55. The first-order valence-electron chi connectivity index (χ1n) is 10.4. The van der Waals surface area contributed by atoms with Crippen LogP contribution >= 0.6 is 0 Å². The number of aryl methyl sites for hydroxylation is 3. The molecule has 0 bridgehead atoms. The van der Waals surface area contributed by atoms with E-state index in [4.69, 9.17) is 8.94 Å². The van der Waals surface area contributed by atoms with Crippen LogP contribution in [0.5, 0.6) is 0 Å². The van der Waals surface area contributed by atoms with E-state index in [-0.39, 0.29) is 17.9 Å². The summed E-state index contributed by atoms with van der Waals surface area (Å²) in [6.07, 6.45) is 1.52. The molecular formula is C20H28N6O4. The lowest BCUT2D eigenvalue weighted by Gasteiger charge is -2.41. The van der Waals surface area contributed by atoms with E-state index >= 15 is 0 Å². The minimum absolute atomic E-state index is 0.00268. The predicted octanol–water partition coefficient (Wildman–Crippen LogP) is 1.82. The summed E-state index contributed by atoms with van der Waals surface area (Å²) in [4.78, 5) is 29.5. The van der Waals surface area contributed by atoms with Gasteiger partial charge < -0.3 is 24.1 Å². The molecule has 2 saturated heterocycles. The Morgan fingerprint density at radius 3 is 2.60 bits per heavy atom. The van der Waals surface area contributed by atoms with Crippen LogP contribution in [-0.2, 0) is 5.41 Å². The van der Waals surface area contributed by atoms with Gasteiger partial charge in [0.05, 0.1) is 11.1 Å². The molecule has 4 heterocycles. The molecule has 2 atom stereocenters. The van der Waals surface area contributed by atoms with Gasteiger partial charge >= 0.3 is 6.03 Å². The number of amides is 3. The third-order valence-corrected chi connectivity index (χ3v) is 6.26. The number of hydrogen-bond acceptors (Lipinski definition) is 7. The summed E-state index contributed by atoms with van der Waals surface area (Å²) in [5, 5.41) is 15.2. The van der Waals surface area contributed by atoms with Crippen LogP contribution in [0.1, 0.15) is 53.4 Å². The van der Waals surface area contributed by atoms with Crippen molar-refractivity contribution < 1.29 is 18.5 Å². The van der Waals surface area contributed by atoms with Gasteiger partial charge in [-0.05, 0) is 26.7 Å². The molecular weight excluding hydrogens is 388 g/mol. The molecule has 2 aliphatic heterocycles. The summed E-state index contributed by atoms with van der Waals surface area (Å²) in [5.41, 5.74) is 0.667. The van der Waals surface area contributed by atoms with Crippen LogP contribution in [0.15, 0.2) is 8.94 Å². The Morgan fingerprint density at radius 2 is 1.97 bits per heavy atom. The van der Waals surface area contributed by atoms with Gasteiger partial charge in [0.1, 0.15) is 11.3 Å². The first kappa shape index (κ1) is 20.4. The van der Waals surface area contributed by atoms with Crippen molar-refractivity contribution in [2.24, 2.45) is 5.92 Å². The summed E-state index contributed by atoms with van der Waals surface area (Å²) in [5.74, 6) is 1.49. The second-order valence-corrected chi connectivity index (χ2v) is 8.29. The smallest absolute Gasteiger partial charge is 0.317 e. The fourth-order valence-corrected chi connectivity index (χ4v) is 4.66. The van der Waals surface area contributed by atoms with Crippen molar-refractivity contribution in [2.45, 2.75) is 46.0 Å². The van der Waals surface area contributed by atoms with Crippen molar-refractivity contribution in [3.63, 3.8) is 0 Å². The number of likely N-dealkylation sites (tertiary alicyclic amines) is 2. The molecule has 2 aromatic rings. The summed E-state index contributed by atoms with van der Waals surface area (Å²) < 4.78 is 11.0. The monoisotopic (exact) mass is 416 g/mol. The number of nitrogens with one attached hydrogen (secondary N) is 1. The van der Waals surface area contributed by atoms with Crippen molar-refractivity contribution in [1.29, 1.82) is 0 Å². The zero-order valence-electron chi connectivity index (χ0n) is 17.9. The number of fused-ring (bicyclic) bond motifs is 1. The number of hydrogen-bond donors (Lipinski definition) is 1. The van der Waals surface area contributed by atoms with Crippen LogP contribution in [0.3, 0.4) is 0 Å². The third kappa shape index (κ3) is 3.33. The zero-order valence-corrected chi connectivity index (χ0v) is 17.9. The number of rotatable bonds is 4. The number of piperidine rings is 1. The van der Waals surface area contributed by atoms with E-state index in [0.29, 0.717) is 67.9 Å². The zero-order chi connectivity index (χ0) is 21.5. The Balaban J connectivity index is 1.60. The van der Waals surface area contributed by atoms with E-state index in [1.165, 1.54) is 0 Å². The van der Waals surface area contributed by atoms with Crippen LogP contribution in [0.2, 0.25) is 0 Å². The molecule has 0 spiro atoms. The highest BCUT2D eigenvalue weighted by Crippen LogP contribution is 2.45. The van der Waals surface area contributed by atoms with E-state index in [0.717, 1.165) is 6.42 Å². The maximum absolute atomic E-state index is 13.2. The van der Waals surface area contributed by atoms with E-state index in [1.807, 2.05) is 16.7 Å². The van der Waals surface area contributed by atoms with Crippen LogP contribution < -0.4 is 5.32 Å². The Bertz CT molecular complexity index is 933. The molecule has 1 N–H and O–H groups in total. The number of nitrogens with zero attached hydrogens (tertiary/aromatic N) is 5. The molecule has 162 valence electrons. The molecule has 4 rings (SSSR count). The predicted molar refractivity (Wildman–Crippen MR) is 106 cm³/mol. The second-order valence-electron chi connectivity index (χ2n) is 8.29. The van der Waals surface area contributed by atoms with E-state index < -0.39 is 5.41 Å². The van der Waals surface area contributed by atoms with Crippen LogP contribution in [-0.4, -0.2) is 69.8 Å². The third-order valence-electron chi connectivity index (χ3n) is 6.26. The fraction of sp³-hybridized carbons (Fsp3) is 0.650. The van der Waals surface area contributed by atoms with Gasteiger partial charge in [0.2, 0.25) is 11.8 Å². The number of aromatic nitrogens is 3. The molecule has 2 aliphatic rings. The highest BCUT2D eigenvalue weighted by atomic mass is 16.5. The van der Waals surface area contributed by atoms with E-state index in [1.54, 1.807) is 20.8 Å². The van der Waals surface area contributed by atoms with Crippen LogP contribution in [0, 0.1) is 26.7 Å². The second kappa shape index (κ2) is 7.73. The van der Waals surface area contributed by atoms with Crippen LogP contribution in [0.4, 0.5) is 4.79 Å². The molecule has 2 aromatic heterocycles. The van der Waals surface area contributed by atoms with Crippen LogP contribution in [0.25, 0.3) is 0 Å². The lowest BCUT2D eigenvalue weighted by molar-refractivity contribution is 0.0565. The minimum atomic E-state index is -0.444. The quantitative estimate of drug-likeness (QED) is 0.808. The van der Waals surface area contributed by atoms with Crippen molar-refractivity contribution in [3.8, 4) is 0 Å². The molecule has 0 radical (unpaired) electrons. The number of carbonyl (C=O) groups excluding carboxylic acids is 2. The SMILES string of the molecule is CCCNC(=O)N1C[C@@H]2CN(C(=O)c3c(C)noc3C)CC[C@]2(c2nnc(C)o2)C1. The average Bonchev–Trinajstić information content (AvgIpc) is 3.42. The fourth-order valence-electron chi connectivity index (χ4n) is 4.66. The highest BCUT2D eigenvalue weighted by molar-refractivity contribution is 5.96. The summed E-state index contributed by atoms with van der Waals surface area (Å²) in [7, 11) is 0. The summed E-state index contributed by atoms with van der Waals surface area (Å²) in [6.45, 7) is 10.00. The van der Waals surface area contributed by atoms with Gasteiger partial charge in [0.15, 0.2) is 0 Å². The molecule has 30 heavy (non-hydrogen) atoms. The largest absolute Gasteiger partial charge is 0.425 e. The minimum Gasteiger partial charge on any atom is -0.425 e. The van der Waals surface area contributed by atoms with Crippen molar-refractivity contribution in [1.82, 2.24) is 30.5 Å². The molecule has 0 aromatic carbocycles. The lowest BCUT2D eigenvalue weighted by Crippen LogP contribution is -2.51. The van der Waals surface area contributed by atoms with Gasteiger partial charge in [-0.1, -0.05) is 12.1 Å². The Labute approximate surface area is 175 Å². The molecule has 10 nitrogen and oxygen atoms in total. The van der Waals surface area contributed by atoms with Crippen molar-refractivity contribution >= 4 is 11.9 Å². The molecule has 0 unspecified atom stereocenters. The Kier molecular flexibility index (Phi) is 5.25. The normalized spacial score (nSPS) is 23.5. The van der Waals surface area contributed by atoms with Gasteiger partial charge in [-0.2, -0.15) is 0 Å². The number of carbonyl (C=O) groups is 2. The molecule has 0 aliphatic carbocycles. The maximum Gasteiger partial charge on any atom is 0.317 e. The number of urea groups is 1. The average molecular weight is 416 g/mol. The van der Waals surface area contributed by atoms with Gasteiger partial charge in [-0.25, -0.2) is 4.79 Å².